The predicted molar refractivity (Wildman–Crippen MR) is 82.0 cm³/mol. The Hall–Kier alpha value is -1.35. The normalized spacial score (nSPS) is 20.0. The lowest BCUT2D eigenvalue weighted by Crippen LogP contribution is -2.27. The van der Waals surface area contributed by atoms with E-state index in [9.17, 15) is 0 Å². The lowest BCUT2D eigenvalue weighted by molar-refractivity contribution is 0.528. The standard InChI is InChI=1S/C17H23N3/c1-2-4-14(3-1)18-10-9-13-5-8-17-16(11-13)19-12-20(17)15-6-7-15/h5,8,11-12,14-15,18H,1-4,6-7,9-10H2. The average Bonchev–Trinajstić information content (AvgIpc) is 3.01. The van der Waals surface area contributed by atoms with E-state index in [1.807, 2.05) is 6.33 Å². The molecule has 0 aliphatic heterocycles. The molecule has 0 radical (unpaired) electrons. The smallest absolute Gasteiger partial charge is 0.0960 e. The van der Waals surface area contributed by atoms with Gasteiger partial charge in [-0.05, 0) is 56.3 Å². The van der Waals surface area contributed by atoms with Crippen LogP contribution in [-0.4, -0.2) is 22.1 Å². The van der Waals surface area contributed by atoms with Gasteiger partial charge in [0.2, 0.25) is 0 Å². The zero-order valence-electron chi connectivity index (χ0n) is 12.0. The van der Waals surface area contributed by atoms with Gasteiger partial charge in [0.05, 0.1) is 17.4 Å². The number of hydrogen-bond donors (Lipinski definition) is 1. The minimum Gasteiger partial charge on any atom is -0.327 e. The van der Waals surface area contributed by atoms with Gasteiger partial charge >= 0.3 is 0 Å². The monoisotopic (exact) mass is 269 g/mol. The fraction of sp³-hybridized carbons (Fsp3) is 0.588. The lowest BCUT2D eigenvalue weighted by Gasteiger charge is -2.11. The SMILES string of the molecule is c1cc2c(cc1CCNC1CCCC1)ncn2C1CC1. The van der Waals surface area contributed by atoms with Crippen LogP contribution in [0.25, 0.3) is 11.0 Å². The zero-order chi connectivity index (χ0) is 13.4. The number of aromatic nitrogens is 2. The Morgan fingerprint density at radius 3 is 2.80 bits per heavy atom. The zero-order valence-corrected chi connectivity index (χ0v) is 12.0. The van der Waals surface area contributed by atoms with Crippen molar-refractivity contribution in [1.29, 1.82) is 0 Å². The van der Waals surface area contributed by atoms with Gasteiger partial charge in [-0.15, -0.1) is 0 Å². The number of benzene rings is 1. The maximum Gasteiger partial charge on any atom is 0.0960 e. The molecule has 1 heterocycles. The van der Waals surface area contributed by atoms with Crippen molar-refractivity contribution < 1.29 is 0 Å². The lowest BCUT2D eigenvalue weighted by atomic mass is 10.1. The Kier molecular flexibility index (Phi) is 3.23. The van der Waals surface area contributed by atoms with Crippen LogP contribution in [0.5, 0.6) is 0 Å². The Morgan fingerprint density at radius 1 is 1.15 bits per heavy atom. The van der Waals surface area contributed by atoms with Gasteiger partial charge in [0.25, 0.3) is 0 Å². The molecule has 2 aromatic rings. The molecule has 4 rings (SSSR count). The van der Waals surface area contributed by atoms with Crippen LogP contribution in [0.15, 0.2) is 24.5 Å². The second-order valence-corrected chi connectivity index (χ2v) is 6.39. The van der Waals surface area contributed by atoms with Crippen LogP contribution < -0.4 is 5.32 Å². The van der Waals surface area contributed by atoms with Gasteiger partial charge in [-0.3, -0.25) is 0 Å². The minimum atomic E-state index is 0.717. The summed E-state index contributed by atoms with van der Waals surface area (Å²) in [7, 11) is 0. The topological polar surface area (TPSA) is 29.9 Å². The molecule has 1 aromatic carbocycles. The van der Waals surface area contributed by atoms with Gasteiger partial charge in [0.15, 0.2) is 0 Å². The summed E-state index contributed by atoms with van der Waals surface area (Å²) in [6.07, 6.45) is 11.3. The van der Waals surface area contributed by atoms with Gasteiger partial charge < -0.3 is 9.88 Å². The molecule has 1 aromatic heterocycles. The molecule has 20 heavy (non-hydrogen) atoms. The Bertz CT molecular complexity index is 591. The molecule has 0 saturated heterocycles. The van der Waals surface area contributed by atoms with Crippen LogP contribution in [0, 0.1) is 0 Å². The van der Waals surface area contributed by atoms with Crippen LogP contribution in [0.1, 0.15) is 50.1 Å². The molecule has 0 unspecified atom stereocenters. The Balaban J connectivity index is 1.41. The number of fused-ring (bicyclic) bond motifs is 1. The van der Waals surface area contributed by atoms with Gasteiger partial charge in [0.1, 0.15) is 0 Å². The molecule has 2 aliphatic rings. The van der Waals surface area contributed by atoms with Crippen LogP contribution >= 0.6 is 0 Å². The third-order valence-electron chi connectivity index (χ3n) is 4.78. The highest BCUT2D eigenvalue weighted by atomic mass is 15.1. The van der Waals surface area contributed by atoms with E-state index in [1.54, 1.807) is 0 Å². The van der Waals surface area contributed by atoms with Crippen molar-refractivity contribution in [3.05, 3.63) is 30.1 Å². The molecular formula is C17H23N3. The molecule has 3 nitrogen and oxygen atoms in total. The van der Waals surface area contributed by atoms with Gasteiger partial charge in [-0.1, -0.05) is 18.9 Å². The Morgan fingerprint density at radius 2 is 2.00 bits per heavy atom. The molecule has 106 valence electrons. The Labute approximate surface area is 120 Å². The largest absolute Gasteiger partial charge is 0.327 e. The first-order valence-corrected chi connectivity index (χ1v) is 8.09. The van der Waals surface area contributed by atoms with Crippen molar-refractivity contribution in [3.63, 3.8) is 0 Å². The van der Waals surface area contributed by atoms with Crippen LogP contribution in [0.3, 0.4) is 0 Å². The predicted octanol–water partition coefficient (Wildman–Crippen LogP) is 3.45. The van der Waals surface area contributed by atoms with Gasteiger partial charge in [-0.25, -0.2) is 4.98 Å². The second-order valence-electron chi connectivity index (χ2n) is 6.39. The highest BCUT2D eigenvalue weighted by Crippen LogP contribution is 2.37. The molecule has 0 amide bonds. The van der Waals surface area contributed by atoms with Gasteiger partial charge in [-0.2, -0.15) is 0 Å². The van der Waals surface area contributed by atoms with Crippen molar-refractivity contribution in [2.75, 3.05) is 6.54 Å². The van der Waals surface area contributed by atoms with E-state index >= 15 is 0 Å². The molecule has 3 heteroatoms. The summed E-state index contributed by atoms with van der Waals surface area (Å²) < 4.78 is 2.34. The minimum absolute atomic E-state index is 0.717. The summed E-state index contributed by atoms with van der Waals surface area (Å²) in [4.78, 5) is 4.57. The maximum atomic E-state index is 4.57. The highest BCUT2D eigenvalue weighted by molar-refractivity contribution is 5.76. The van der Waals surface area contributed by atoms with E-state index in [-0.39, 0.29) is 0 Å². The summed E-state index contributed by atoms with van der Waals surface area (Å²) in [5.41, 5.74) is 3.87. The number of hydrogen-bond acceptors (Lipinski definition) is 2. The van der Waals surface area contributed by atoms with Crippen molar-refractivity contribution in [1.82, 2.24) is 14.9 Å². The molecule has 2 fully saturated rings. The number of nitrogens with zero attached hydrogens (tertiary/aromatic N) is 2. The van der Waals surface area contributed by atoms with Crippen LogP contribution in [0.4, 0.5) is 0 Å². The first-order chi connectivity index (χ1) is 9.90. The number of rotatable bonds is 5. The summed E-state index contributed by atoms with van der Waals surface area (Å²) in [6, 6.07) is 8.29. The molecule has 0 atom stereocenters. The first-order valence-electron chi connectivity index (χ1n) is 8.09. The van der Waals surface area contributed by atoms with Crippen molar-refractivity contribution in [2.24, 2.45) is 0 Å². The molecule has 1 N–H and O–H groups in total. The third-order valence-corrected chi connectivity index (χ3v) is 4.78. The summed E-state index contributed by atoms with van der Waals surface area (Å²) in [5, 5.41) is 3.69. The van der Waals surface area contributed by atoms with Crippen LogP contribution in [0.2, 0.25) is 0 Å². The summed E-state index contributed by atoms with van der Waals surface area (Å²) >= 11 is 0. The number of imidazole rings is 1. The van der Waals surface area contributed by atoms with E-state index < -0.39 is 0 Å². The van der Waals surface area contributed by atoms with E-state index in [4.69, 9.17) is 0 Å². The maximum absolute atomic E-state index is 4.57. The molecule has 2 aliphatic carbocycles. The van der Waals surface area contributed by atoms with Gasteiger partial charge in [0, 0.05) is 12.1 Å². The van der Waals surface area contributed by atoms with E-state index in [0.717, 1.165) is 30.6 Å². The second kappa shape index (κ2) is 5.21. The van der Waals surface area contributed by atoms with E-state index in [1.165, 1.54) is 49.6 Å². The fourth-order valence-corrected chi connectivity index (χ4v) is 3.43. The molecular weight excluding hydrogens is 246 g/mol. The quantitative estimate of drug-likeness (QED) is 0.901. The first kappa shape index (κ1) is 12.4. The van der Waals surface area contributed by atoms with Crippen molar-refractivity contribution in [2.45, 2.75) is 57.0 Å². The average molecular weight is 269 g/mol. The van der Waals surface area contributed by atoms with Crippen molar-refractivity contribution in [3.8, 4) is 0 Å². The fourth-order valence-electron chi connectivity index (χ4n) is 3.43. The molecule has 0 bridgehead atoms. The highest BCUT2D eigenvalue weighted by Gasteiger charge is 2.24. The summed E-state index contributed by atoms with van der Waals surface area (Å²) in [5.74, 6) is 0. The summed E-state index contributed by atoms with van der Waals surface area (Å²) in [6.45, 7) is 1.10. The molecule has 0 spiro atoms. The number of nitrogens with one attached hydrogen (secondary N) is 1. The molecule has 2 saturated carbocycles. The van der Waals surface area contributed by atoms with E-state index in [0.29, 0.717) is 0 Å². The van der Waals surface area contributed by atoms with Crippen LogP contribution in [-0.2, 0) is 6.42 Å². The third kappa shape index (κ3) is 2.47. The van der Waals surface area contributed by atoms with E-state index in [2.05, 4.69) is 33.1 Å². The van der Waals surface area contributed by atoms with Crippen molar-refractivity contribution >= 4 is 11.0 Å².